The molecule has 2 aliphatic rings. The molecule has 2 aliphatic heterocycles. The van der Waals surface area contributed by atoms with Crippen molar-refractivity contribution < 1.29 is 18.3 Å². The highest BCUT2D eigenvalue weighted by Crippen LogP contribution is 2.36. The van der Waals surface area contributed by atoms with E-state index in [4.69, 9.17) is 16.3 Å². The highest BCUT2D eigenvalue weighted by molar-refractivity contribution is 6.31. The summed E-state index contributed by atoms with van der Waals surface area (Å²) in [5.41, 5.74) is -0.678. The number of hydrogen-bond acceptors (Lipinski definition) is 5. The number of piperazine rings is 1. The van der Waals surface area contributed by atoms with Gasteiger partial charge in [-0.15, -0.1) is 0 Å². The van der Waals surface area contributed by atoms with Gasteiger partial charge in [0.15, 0.2) is 5.82 Å². The van der Waals surface area contributed by atoms with Crippen molar-refractivity contribution in [1.29, 1.82) is 0 Å². The SMILES string of the molecule is CC(C)(C)OC(=O)N1[C@@H]2CC[C@H]1CN(c1nc(F)nc3c(F)cc(Cl)cc13)C2. The van der Waals surface area contributed by atoms with Gasteiger partial charge in [0, 0.05) is 23.5 Å². The summed E-state index contributed by atoms with van der Waals surface area (Å²) in [4.78, 5) is 23.8. The second-order valence-electron chi connectivity index (χ2n) is 8.28. The van der Waals surface area contributed by atoms with E-state index in [1.165, 1.54) is 6.07 Å². The van der Waals surface area contributed by atoms with Crippen LogP contribution in [0.3, 0.4) is 0 Å². The molecule has 0 aliphatic carbocycles. The second kappa shape index (κ2) is 6.69. The molecular weight excluding hydrogens is 390 g/mol. The van der Waals surface area contributed by atoms with Crippen LogP contribution in [-0.2, 0) is 4.74 Å². The third-order valence-corrected chi connectivity index (χ3v) is 5.28. The molecule has 0 spiro atoms. The Morgan fingerprint density at radius 3 is 2.43 bits per heavy atom. The normalized spacial score (nSPS) is 22.1. The molecule has 0 N–H and O–H groups in total. The van der Waals surface area contributed by atoms with E-state index < -0.39 is 17.5 Å². The Morgan fingerprint density at radius 1 is 1.18 bits per heavy atom. The van der Waals surface area contributed by atoms with Crippen LogP contribution in [0.4, 0.5) is 19.4 Å². The van der Waals surface area contributed by atoms with Crippen LogP contribution in [0.1, 0.15) is 33.6 Å². The zero-order chi connectivity index (χ0) is 20.2. The Labute approximate surface area is 166 Å². The lowest BCUT2D eigenvalue weighted by molar-refractivity contribution is 0.0123. The Bertz CT molecular complexity index is 936. The number of rotatable bonds is 1. The van der Waals surface area contributed by atoms with Crippen LogP contribution in [-0.4, -0.2) is 51.7 Å². The molecule has 150 valence electrons. The van der Waals surface area contributed by atoms with E-state index in [-0.39, 0.29) is 28.7 Å². The van der Waals surface area contributed by atoms with Crippen molar-refractivity contribution in [3.63, 3.8) is 0 Å². The number of aromatic nitrogens is 2. The van der Waals surface area contributed by atoms with Gasteiger partial charge in [-0.1, -0.05) is 11.6 Å². The van der Waals surface area contributed by atoms with Gasteiger partial charge in [0.2, 0.25) is 0 Å². The lowest BCUT2D eigenvalue weighted by Gasteiger charge is -2.42. The molecule has 2 atom stereocenters. The number of carbonyl (C=O) groups is 1. The first-order valence-corrected chi connectivity index (χ1v) is 9.59. The highest BCUT2D eigenvalue weighted by atomic mass is 35.5. The molecule has 0 radical (unpaired) electrons. The maximum absolute atomic E-state index is 14.2. The standard InChI is InChI=1S/C19H21ClF2N4O2/c1-19(2,3)28-18(27)26-11-4-5-12(26)9-25(8-11)16-13-6-10(20)7-14(21)15(13)23-17(22)24-16/h6-7,11-12H,4-5,8-9H2,1-3H3/t11-,12+. The molecule has 2 fully saturated rings. The predicted molar refractivity (Wildman–Crippen MR) is 102 cm³/mol. The number of hydrogen-bond donors (Lipinski definition) is 0. The van der Waals surface area contributed by atoms with E-state index in [0.717, 1.165) is 18.9 Å². The van der Waals surface area contributed by atoms with E-state index in [1.54, 1.807) is 4.90 Å². The zero-order valence-electron chi connectivity index (χ0n) is 15.9. The van der Waals surface area contributed by atoms with Gasteiger partial charge < -0.3 is 9.64 Å². The third-order valence-electron chi connectivity index (χ3n) is 5.06. The summed E-state index contributed by atoms with van der Waals surface area (Å²) in [6, 6.07) is 2.48. The fourth-order valence-electron chi connectivity index (χ4n) is 4.04. The maximum Gasteiger partial charge on any atom is 0.410 e. The van der Waals surface area contributed by atoms with Crippen molar-refractivity contribution in [3.8, 4) is 0 Å². The molecule has 2 saturated heterocycles. The lowest BCUT2D eigenvalue weighted by Crippen LogP contribution is -2.57. The first kappa shape index (κ1) is 19.1. The van der Waals surface area contributed by atoms with Crippen molar-refractivity contribution in [2.75, 3.05) is 18.0 Å². The summed E-state index contributed by atoms with van der Waals surface area (Å²) in [7, 11) is 0. The number of halogens is 3. The van der Waals surface area contributed by atoms with Crippen LogP contribution in [0.15, 0.2) is 12.1 Å². The topological polar surface area (TPSA) is 58.6 Å². The van der Waals surface area contributed by atoms with Crippen molar-refractivity contribution in [1.82, 2.24) is 14.9 Å². The minimum absolute atomic E-state index is 0.0780. The minimum Gasteiger partial charge on any atom is -0.444 e. The average molecular weight is 411 g/mol. The smallest absolute Gasteiger partial charge is 0.410 e. The van der Waals surface area contributed by atoms with Gasteiger partial charge >= 0.3 is 12.2 Å². The molecule has 9 heteroatoms. The van der Waals surface area contributed by atoms with E-state index in [2.05, 4.69) is 9.97 Å². The summed E-state index contributed by atoms with van der Waals surface area (Å²) >= 11 is 5.99. The van der Waals surface area contributed by atoms with Crippen LogP contribution in [0, 0.1) is 11.9 Å². The van der Waals surface area contributed by atoms with Crippen LogP contribution in [0.25, 0.3) is 10.9 Å². The Morgan fingerprint density at radius 2 is 1.82 bits per heavy atom. The van der Waals surface area contributed by atoms with Crippen LogP contribution in [0.5, 0.6) is 0 Å². The third kappa shape index (κ3) is 3.45. The fourth-order valence-corrected chi connectivity index (χ4v) is 4.25. The van der Waals surface area contributed by atoms with Gasteiger partial charge in [-0.05, 0) is 45.7 Å². The molecule has 2 bridgehead atoms. The Balaban J connectivity index is 1.66. The van der Waals surface area contributed by atoms with Gasteiger partial charge in [-0.2, -0.15) is 14.4 Å². The average Bonchev–Trinajstić information content (AvgIpc) is 2.84. The predicted octanol–water partition coefficient (Wildman–Crippen LogP) is 4.15. The number of fused-ring (bicyclic) bond motifs is 3. The maximum atomic E-state index is 14.2. The number of carbonyl (C=O) groups excluding carboxylic acids is 1. The molecule has 3 heterocycles. The highest BCUT2D eigenvalue weighted by Gasteiger charge is 2.45. The van der Waals surface area contributed by atoms with Crippen LogP contribution in [0.2, 0.25) is 5.02 Å². The summed E-state index contributed by atoms with van der Waals surface area (Å²) in [5.74, 6) is -0.398. The quantitative estimate of drug-likeness (QED) is 0.661. The molecule has 6 nitrogen and oxygen atoms in total. The minimum atomic E-state index is -0.995. The van der Waals surface area contributed by atoms with Crippen molar-refractivity contribution in [2.24, 2.45) is 0 Å². The second-order valence-corrected chi connectivity index (χ2v) is 8.71. The van der Waals surface area contributed by atoms with Crippen molar-refractivity contribution in [3.05, 3.63) is 29.1 Å². The molecule has 1 aromatic carbocycles. The number of anilines is 1. The van der Waals surface area contributed by atoms with E-state index in [1.807, 2.05) is 25.7 Å². The largest absolute Gasteiger partial charge is 0.444 e. The van der Waals surface area contributed by atoms with Crippen LogP contribution < -0.4 is 4.90 Å². The molecular formula is C19H21ClF2N4O2. The molecule has 1 amide bonds. The Kier molecular flexibility index (Phi) is 4.56. The zero-order valence-corrected chi connectivity index (χ0v) is 16.6. The Hall–Kier alpha value is -2.22. The van der Waals surface area contributed by atoms with E-state index >= 15 is 0 Å². The lowest BCUT2D eigenvalue weighted by atomic mass is 10.1. The van der Waals surface area contributed by atoms with E-state index in [9.17, 15) is 13.6 Å². The van der Waals surface area contributed by atoms with Crippen molar-refractivity contribution >= 4 is 34.4 Å². The van der Waals surface area contributed by atoms with Gasteiger partial charge in [-0.3, -0.25) is 4.90 Å². The van der Waals surface area contributed by atoms with Crippen LogP contribution >= 0.6 is 11.6 Å². The number of nitrogens with zero attached hydrogens (tertiary/aromatic N) is 4. The molecule has 0 saturated carbocycles. The molecule has 4 rings (SSSR count). The summed E-state index contributed by atoms with van der Waals surface area (Å²) < 4.78 is 33.8. The molecule has 2 aromatic rings. The summed E-state index contributed by atoms with van der Waals surface area (Å²) in [6.45, 7) is 6.40. The van der Waals surface area contributed by atoms with Gasteiger partial charge in [0.1, 0.15) is 16.9 Å². The summed E-state index contributed by atoms with van der Waals surface area (Å²) in [6.07, 6.45) is 0.306. The number of ether oxygens (including phenoxy) is 1. The molecule has 1 aromatic heterocycles. The number of amides is 1. The fraction of sp³-hybridized carbons (Fsp3) is 0.526. The molecule has 0 unspecified atom stereocenters. The van der Waals surface area contributed by atoms with Gasteiger partial charge in [0.05, 0.1) is 12.1 Å². The van der Waals surface area contributed by atoms with Gasteiger partial charge in [0.25, 0.3) is 0 Å². The first-order valence-electron chi connectivity index (χ1n) is 9.21. The first-order chi connectivity index (χ1) is 13.1. The van der Waals surface area contributed by atoms with Crippen molar-refractivity contribution in [2.45, 2.75) is 51.3 Å². The molecule has 28 heavy (non-hydrogen) atoms. The van der Waals surface area contributed by atoms with E-state index in [0.29, 0.717) is 24.3 Å². The summed E-state index contributed by atoms with van der Waals surface area (Å²) in [5, 5.41) is 0.549. The van der Waals surface area contributed by atoms with Gasteiger partial charge in [-0.25, -0.2) is 9.18 Å². The monoisotopic (exact) mass is 410 g/mol. The number of benzene rings is 1.